The van der Waals surface area contributed by atoms with Crippen molar-refractivity contribution >= 4 is 5.91 Å². The first-order chi connectivity index (χ1) is 9.31. The van der Waals surface area contributed by atoms with Crippen LogP contribution in [0, 0.1) is 5.92 Å². The lowest BCUT2D eigenvalue weighted by atomic mass is 9.91. The SMILES string of the molecule is O=C(C1CC1c1ccccc1)N(CCO)C1CCC1. The number of hydrogen-bond donors (Lipinski definition) is 1. The summed E-state index contributed by atoms with van der Waals surface area (Å²) in [6.45, 7) is 0.576. The summed E-state index contributed by atoms with van der Waals surface area (Å²) in [6.07, 6.45) is 4.40. The lowest BCUT2D eigenvalue weighted by Crippen LogP contribution is -2.46. The average molecular weight is 259 g/mol. The number of benzene rings is 1. The molecule has 0 bridgehead atoms. The molecule has 1 amide bonds. The van der Waals surface area contributed by atoms with Crippen LogP contribution in [-0.2, 0) is 4.79 Å². The highest BCUT2D eigenvalue weighted by molar-refractivity contribution is 5.83. The summed E-state index contributed by atoms with van der Waals surface area (Å²) in [4.78, 5) is 14.5. The molecule has 2 aliphatic rings. The average Bonchev–Trinajstić information content (AvgIpc) is 3.16. The first-order valence-corrected chi connectivity index (χ1v) is 7.27. The second-order valence-corrected chi connectivity index (χ2v) is 5.70. The van der Waals surface area contributed by atoms with Crippen molar-refractivity contribution in [1.29, 1.82) is 0 Å². The lowest BCUT2D eigenvalue weighted by molar-refractivity contribution is -0.137. The molecule has 2 atom stereocenters. The first-order valence-electron chi connectivity index (χ1n) is 7.27. The van der Waals surface area contributed by atoms with Crippen molar-refractivity contribution in [3.05, 3.63) is 35.9 Å². The quantitative estimate of drug-likeness (QED) is 0.880. The predicted octanol–water partition coefficient (Wildman–Crippen LogP) is 2.16. The smallest absolute Gasteiger partial charge is 0.226 e. The molecule has 0 aliphatic heterocycles. The Hall–Kier alpha value is -1.35. The van der Waals surface area contributed by atoms with E-state index in [1.54, 1.807) is 0 Å². The van der Waals surface area contributed by atoms with Gasteiger partial charge in [0.15, 0.2) is 0 Å². The van der Waals surface area contributed by atoms with E-state index in [4.69, 9.17) is 5.11 Å². The van der Waals surface area contributed by atoms with Crippen LogP contribution in [-0.4, -0.2) is 35.1 Å². The molecule has 0 saturated heterocycles. The van der Waals surface area contributed by atoms with Crippen LogP contribution in [0.15, 0.2) is 30.3 Å². The van der Waals surface area contributed by atoms with E-state index in [1.165, 1.54) is 12.0 Å². The lowest BCUT2D eigenvalue weighted by Gasteiger charge is -2.37. The first kappa shape index (κ1) is 12.7. The standard InChI is InChI=1S/C16H21NO2/c18-10-9-17(13-7-4-8-13)16(19)15-11-14(15)12-5-2-1-3-6-12/h1-3,5-6,13-15,18H,4,7-11H2. The third kappa shape index (κ3) is 2.52. The number of carbonyl (C=O) groups is 1. The Morgan fingerprint density at radius 2 is 2.00 bits per heavy atom. The summed E-state index contributed by atoms with van der Waals surface area (Å²) in [5.41, 5.74) is 1.28. The number of rotatable bonds is 5. The maximum atomic E-state index is 12.5. The van der Waals surface area contributed by atoms with Crippen LogP contribution in [0.3, 0.4) is 0 Å². The maximum Gasteiger partial charge on any atom is 0.226 e. The molecule has 102 valence electrons. The molecule has 3 nitrogen and oxygen atoms in total. The molecule has 19 heavy (non-hydrogen) atoms. The van der Waals surface area contributed by atoms with Crippen molar-refractivity contribution in [3.8, 4) is 0 Å². The zero-order valence-electron chi connectivity index (χ0n) is 11.2. The summed E-state index contributed by atoms with van der Waals surface area (Å²) < 4.78 is 0. The van der Waals surface area contributed by atoms with E-state index in [0.717, 1.165) is 19.3 Å². The molecule has 2 aliphatic carbocycles. The number of hydrogen-bond acceptors (Lipinski definition) is 2. The number of aliphatic hydroxyl groups excluding tert-OH is 1. The van der Waals surface area contributed by atoms with E-state index in [2.05, 4.69) is 12.1 Å². The van der Waals surface area contributed by atoms with Crippen LogP contribution in [0.1, 0.15) is 37.2 Å². The minimum absolute atomic E-state index is 0.0744. The van der Waals surface area contributed by atoms with Gasteiger partial charge in [0.05, 0.1) is 6.61 Å². The van der Waals surface area contributed by atoms with Crippen LogP contribution >= 0.6 is 0 Å². The predicted molar refractivity (Wildman–Crippen MR) is 73.7 cm³/mol. The van der Waals surface area contributed by atoms with Gasteiger partial charge in [-0.3, -0.25) is 4.79 Å². The molecule has 2 saturated carbocycles. The normalized spacial score (nSPS) is 25.7. The van der Waals surface area contributed by atoms with E-state index in [0.29, 0.717) is 18.5 Å². The zero-order valence-corrected chi connectivity index (χ0v) is 11.2. The highest BCUT2D eigenvalue weighted by Crippen LogP contribution is 2.49. The third-order valence-corrected chi connectivity index (χ3v) is 4.47. The highest BCUT2D eigenvalue weighted by atomic mass is 16.3. The fourth-order valence-corrected chi connectivity index (χ4v) is 3.03. The monoisotopic (exact) mass is 259 g/mol. The van der Waals surface area contributed by atoms with Gasteiger partial charge in [-0.1, -0.05) is 30.3 Å². The Balaban J connectivity index is 1.64. The van der Waals surface area contributed by atoms with E-state index in [1.807, 2.05) is 23.1 Å². The van der Waals surface area contributed by atoms with Gasteiger partial charge < -0.3 is 10.0 Å². The zero-order chi connectivity index (χ0) is 13.2. The summed E-state index contributed by atoms with van der Waals surface area (Å²) in [7, 11) is 0. The van der Waals surface area contributed by atoms with E-state index in [9.17, 15) is 4.79 Å². The van der Waals surface area contributed by atoms with Gasteiger partial charge in [0.1, 0.15) is 0 Å². The second kappa shape index (κ2) is 5.33. The van der Waals surface area contributed by atoms with Crippen LogP contribution in [0.2, 0.25) is 0 Å². The van der Waals surface area contributed by atoms with Gasteiger partial charge in [-0.25, -0.2) is 0 Å². The van der Waals surface area contributed by atoms with Crippen molar-refractivity contribution in [1.82, 2.24) is 4.90 Å². The summed E-state index contributed by atoms with van der Waals surface area (Å²) in [5.74, 6) is 0.803. The molecule has 0 radical (unpaired) electrons. The third-order valence-electron chi connectivity index (χ3n) is 4.47. The highest BCUT2D eigenvalue weighted by Gasteiger charge is 2.47. The van der Waals surface area contributed by atoms with Gasteiger partial charge in [-0.05, 0) is 37.2 Å². The van der Waals surface area contributed by atoms with Crippen molar-refractivity contribution in [2.45, 2.75) is 37.6 Å². The Kier molecular flexibility index (Phi) is 3.56. The Labute approximate surface area is 114 Å². The van der Waals surface area contributed by atoms with Crippen molar-refractivity contribution < 1.29 is 9.90 Å². The maximum absolute atomic E-state index is 12.5. The topological polar surface area (TPSA) is 40.5 Å². The molecular weight excluding hydrogens is 238 g/mol. The van der Waals surface area contributed by atoms with Gasteiger partial charge in [-0.2, -0.15) is 0 Å². The van der Waals surface area contributed by atoms with Gasteiger partial charge in [0.25, 0.3) is 0 Å². The van der Waals surface area contributed by atoms with Crippen LogP contribution in [0.25, 0.3) is 0 Å². The molecule has 1 aromatic carbocycles. The Morgan fingerprint density at radius 1 is 1.26 bits per heavy atom. The van der Waals surface area contributed by atoms with Crippen LogP contribution < -0.4 is 0 Å². The molecule has 0 spiro atoms. The molecule has 0 heterocycles. The molecule has 1 aromatic rings. The second-order valence-electron chi connectivity index (χ2n) is 5.70. The number of carbonyl (C=O) groups excluding carboxylic acids is 1. The van der Waals surface area contributed by atoms with E-state index >= 15 is 0 Å². The number of aliphatic hydroxyl groups is 1. The molecule has 3 heteroatoms. The fourth-order valence-electron chi connectivity index (χ4n) is 3.03. The fraction of sp³-hybridized carbons (Fsp3) is 0.562. The molecular formula is C16H21NO2. The number of amides is 1. The summed E-state index contributed by atoms with van der Waals surface area (Å²) in [6, 6.07) is 10.7. The Bertz CT molecular complexity index is 441. The van der Waals surface area contributed by atoms with Crippen molar-refractivity contribution in [2.75, 3.05) is 13.2 Å². The molecule has 0 aromatic heterocycles. The molecule has 2 unspecified atom stereocenters. The van der Waals surface area contributed by atoms with Gasteiger partial charge in [-0.15, -0.1) is 0 Å². The molecule has 3 rings (SSSR count). The molecule has 2 fully saturated rings. The minimum Gasteiger partial charge on any atom is -0.395 e. The van der Waals surface area contributed by atoms with Crippen LogP contribution in [0.5, 0.6) is 0 Å². The largest absolute Gasteiger partial charge is 0.395 e. The van der Waals surface area contributed by atoms with E-state index < -0.39 is 0 Å². The van der Waals surface area contributed by atoms with Crippen LogP contribution in [0.4, 0.5) is 0 Å². The van der Waals surface area contributed by atoms with Crippen molar-refractivity contribution in [2.24, 2.45) is 5.92 Å². The summed E-state index contributed by atoms with van der Waals surface area (Å²) in [5, 5.41) is 9.15. The van der Waals surface area contributed by atoms with Gasteiger partial charge in [0, 0.05) is 18.5 Å². The van der Waals surface area contributed by atoms with E-state index in [-0.39, 0.29) is 18.4 Å². The van der Waals surface area contributed by atoms with Gasteiger partial charge in [0.2, 0.25) is 5.91 Å². The van der Waals surface area contributed by atoms with Crippen molar-refractivity contribution in [3.63, 3.8) is 0 Å². The minimum atomic E-state index is 0.0744. The number of nitrogens with zero attached hydrogens (tertiary/aromatic N) is 1. The molecule has 1 N–H and O–H groups in total. The Morgan fingerprint density at radius 3 is 2.58 bits per heavy atom. The summed E-state index contributed by atoms with van der Waals surface area (Å²) >= 11 is 0. The van der Waals surface area contributed by atoms with Gasteiger partial charge >= 0.3 is 0 Å².